The SMILES string of the molecule is COc1ccc(OC)c(Sc2c(Cl)cc(-n3c(=O)[nH]c(=O)n(C)c3=O)cc2Cl)c1. The van der Waals surface area contributed by atoms with Crippen LogP contribution < -0.4 is 26.5 Å². The Kier molecular flexibility index (Phi) is 6.11. The molecule has 1 aromatic heterocycles. The molecule has 11 heteroatoms. The van der Waals surface area contributed by atoms with Gasteiger partial charge in [0.25, 0.3) is 0 Å². The van der Waals surface area contributed by atoms with E-state index in [0.717, 1.165) is 9.13 Å². The molecule has 29 heavy (non-hydrogen) atoms. The molecule has 0 radical (unpaired) electrons. The maximum Gasteiger partial charge on any atom is 0.340 e. The molecule has 0 fully saturated rings. The molecule has 0 amide bonds. The second-order valence-corrected chi connectivity index (χ2v) is 7.64. The topological polar surface area (TPSA) is 95.3 Å². The molecular formula is C18H15Cl2N3O5S. The Morgan fingerprint density at radius 3 is 2.21 bits per heavy atom. The number of ether oxygens (including phenoxy) is 2. The fourth-order valence-electron chi connectivity index (χ4n) is 2.53. The Morgan fingerprint density at radius 1 is 0.966 bits per heavy atom. The number of aromatic amines is 1. The van der Waals surface area contributed by atoms with Crippen molar-refractivity contribution in [3.63, 3.8) is 0 Å². The smallest absolute Gasteiger partial charge is 0.340 e. The van der Waals surface area contributed by atoms with Crippen molar-refractivity contribution in [2.24, 2.45) is 7.05 Å². The van der Waals surface area contributed by atoms with Gasteiger partial charge in [0.1, 0.15) is 11.5 Å². The summed E-state index contributed by atoms with van der Waals surface area (Å²) >= 11 is 14.1. The van der Waals surface area contributed by atoms with E-state index in [1.165, 1.54) is 38.1 Å². The van der Waals surface area contributed by atoms with Crippen molar-refractivity contribution < 1.29 is 9.47 Å². The summed E-state index contributed by atoms with van der Waals surface area (Å²) < 4.78 is 12.1. The minimum absolute atomic E-state index is 0.129. The first-order valence-electron chi connectivity index (χ1n) is 8.08. The number of H-pyrrole nitrogens is 1. The third-order valence-corrected chi connectivity index (χ3v) is 6.03. The summed E-state index contributed by atoms with van der Waals surface area (Å²) in [6.45, 7) is 0. The molecule has 0 atom stereocenters. The predicted octanol–water partition coefficient (Wildman–Crippen LogP) is 2.70. The first-order valence-corrected chi connectivity index (χ1v) is 9.65. The monoisotopic (exact) mass is 455 g/mol. The number of benzene rings is 2. The molecule has 3 rings (SSSR count). The Balaban J connectivity index is 2.12. The molecule has 0 aliphatic carbocycles. The van der Waals surface area contributed by atoms with Crippen molar-refractivity contribution in [1.82, 2.24) is 14.1 Å². The number of rotatable bonds is 5. The van der Waals surface area contributed by atoms with E-state index < -0.39 is 17.1 Å². The van der Waals surface area contributed by atoms with Gasteiger partial charge in [0.05, 0.1) is 34.8 Å². The van der Waals surface area contributed by atoms with E-state index >= 15 is 0 Å². The fraction of sp³-hybridized carbons (Fsp3) is 0.167. The molecule has 0 saturated carbocycles. The van der Waals surface area contributed by atoms with Crippen LogP contribution in [0.2, 0.25) is 10.0 Å². The van der Waals surface area contributed by atoms with E-state index in [1.54, 1.807) is 25.3 Å². The molecule has 1 N–H and O–H groups in total. The lowest BCUT2D eigenvalue weighted by atomic mass is 10.3. The van der Waals surface area contributed by atoms with Crippen LogP contribution >= 0.6 is 35.0 Å². The van der Waals surface area contributed by atoms with Crippen LogP contribution in [-0.4, -0.2) is 28.3 Å². The fourth-order valence-corrected chi connectivity index (χ4v) is 4.20. The van der Waals surface area contributed by atoms with E-state index in [4.69, 9.17) is 32.7 Å². The predicted molar refractivity (Wildman–Crippen MR) is 112 cm³/mol. The van der Waals surface area contributed by atoms with Gasteiger partial charge >= 0.3 is 17.1 Å². The Hall–Kier alpha value is -2.62. The van der Waals surface area contributed by atoms with E-state index in [0.29, 0.717) is 21.3 Å². The highest BCUT2D eigenvalue weighted by Crippen LogP contribution is 2.44. The summed E-state index contributed by atoms with van der Waals surface area (Å²) in [5.74, 6) is 1.22. The zero-order chi connectivity index (χ0) is 21.3. The minimum Gasteiger partial charge on any atom is -0.497 e. The summed E-state index contributed by atoms with van der Waals surface area (Å²) in [7, 11) is 4.34. The molecule has 8 nitrogen and oxygen atoms in total. The molecule has 0 bridgehead atoms. The first kappa shape index (κ1) is 21.1. The van der Waals surface area contributed by atoms with Gasteiger partial charge < -0.3 is 9.47 Å². The van der Waals surface area contributed by atoms with Crippen LogP contribution in [0.5, 0.6) is 11.5 Å². The number of nitrogens with zero attached hydrogens (tertiary/aromatic N) is 2. The quantitative estimate of drug-likeness (QED) is 0.635. The number of hydrogen-bond acceptors (Lipinski definition) is 6. The van der Waals surface area contributed by atoms with Gasteiger partial charge in [0, 0.05) is 11.9 Å². The lowest BCUT2D eigenvalue weighted by Crippen LogP contribution is -2.47. The second kappa shape index (κ2) is 8.40. The Bertz CT molecular complexity index is 1240. The van der Waals surface area contributed by atoms with Crippen LogP contribution in [0.1, 0.15) is 0 Å². The largest absolute Gasteiger partial charge is 0.497 e. The van der Waals surface area contributed by atoms with Gasteiger partial charge in [-0.15, -0.1) is 0 Å². The zero-order valence-electron chi connectivity index (χ0n) is 15.5. The van der Waals surface area contributed by atoms with E-state index in [9.17, 15) is 14.4 Å². The lowest BCUT2D eigenvalue weighted by Gasteiger charge is -2.13. The summed E-state index contributed by atoms with van der Waals surface area (Å²) in [5.41, 5.74) is -2.39. The highest BCUT2D eigenvalue weighted by Gasteiger charge is 2.17. The standard InChI is InChI=1S/C18H15Cl2N3O5S/c1-22-16(24)21-17(25)23(18(22)26)9-6-11(19)15(12(20)7-9)29-14-8-10(27-2)4-5-13(14)28-3/h4-8H,1-3H3,(H,21,24,25). The molecular weight excluding hydrogens is 441 g/mol. The summed E-state index contributed by atoms with van der Waals surface area (Å²) in [5, 5.41) is 0.421. The van der Waals surface area contributed by atoms with Crippen LogP contribution in [0.25, 0.3) is 5.69 Å². The van der Waals surface area contributed by atoms with Crippen molar-refractivity contribution in [3.8, 4) is 17.2 Å². The van der Waals surface area contributed by atoms with Crippen molar-refractivity contribution in [2.75, 3.05) is 14.2 Å². The molecule has 0 aliphatic heterocycles. The molecule has 152 valence electrons. The molecule has 2 aromatic carbocycles. The maximum absolute atomic E-state index is 12.3. The average Bonchev–Trinajstić information content (AvgIpc) is 2.68. The number of nitrogens with one attached hydrogen (secondary N) is 1. The summed E-state index contributed by atoms with van der Waals surface area (Å²) in [4.78, 5) is 39.3. The summed E-state index contributed by atoms with van der Waals surface area (Å²) in [6.07, 6.45) is 0. The van der Waals surface area contributed by atoms with Gasteiger partial charge in [0.2, 0.25) is 0 Å². The number of halogens is 2. The Labute approximate surface area is 178 Å². The van der Waals surface area contributed by atoms with Crippen LogP contribution in [0.15, 0.2) is 54.5 Å². The molecule has 0 unspecified atom stereocenters. The molecule has 1 heterocycles. The van der Waals surface area contributed by atoms with Crippen molar-refractivity contribution in [1.29, 1.82) is 0 Å². The van der Waals surface area contributed by atoms with Gasteiger partial charge in [-0.25, -0.2) is 23.5 Å². The first-order chi connectivity index (χ1) is 13.8. The summed E-state index contributed by atoms with van der Waals surface area (Å²) in [6, 6.07) is 8.12. The van der Waals surface area contributed by atoms with Gasteiger partial charge in [-0.3, -0.25) is 4.98 Å². The van der Waals surface area contributed by atoms with Crippen LogP contribution in [0.3, 0.4) is 0 Å². The second-order valence-electron chi connectivity index (χ2n) is 5.77. The highest BCUT2D eigenvalue weighted by molar-refractivity contribution is 7.99. The van der Waals surface area contributed by atoms with Crippen molar-refractivity contribution in [3.05, 3.63) is 71.8 Å². The highest BCUT2D eigenvalue weighted by atomic mass is 35.5. The molecule has 0 saturated heterocycles. The van der Waals surface area contributed by atoms with Crippen LogP contribution in [-0.2, 0) is 7.05 Å². The number of aromatic nitrogens is 3. The van der Waals surface area contributed by atoms with E-state index in [1.807, 2.05) is 0 Å². The van der Waals surface area contributed by atoms with E-state index in [-0.39, 0.29) is 15.7 Å². The van der Waals surface area contributed by atoms with Gasteiger partial charge in [-0.1, -0.05) is 35.0 Å². The van der Waals surface area contributed by atoms with Crippen molar-refractivity contribution in [2.45, 2.75) is 9.79 Å². The minimum atomic E-state index is -0.889. The zero-order valence-corrected chi connectivity index (χ0v) is 17.8. The Morgan fingerprint density at radius 2 is 1.62 bits per heavy atom. The third kappa shape index (κ3) is 4.07. The molecule has 3 aromatic rings. The number of methoxy groups -OCH3 is 2. The lowest BCUT2D eigenvalue weighted by molar-refractivity contribution is 0.394. The van der Waals surface area contributed by atoms with Gasteiger partial charge in [-0.05, 0) is 30.3 Å². The van der Waals surface area contributed by atoms with E-state index in [2.05, 4.69) is 4.98 Å². The normalized spacial score (nSPS) is 10.8. The van der Waals surface area contributed by atoms with Crippen LogP contribution in [0.4, 0.5) is 0 Å². The van der Waals surface area contributed by atoms with Gasteiger partial charge in [0.15, 0.2) is 0 Å². The average molecular weight is 456 g/mol. The maximum atomic E-state index is 12.3. The van der Waals surface area contributed by atoms with Gasteiger partial charge in [-0.2, -0.15) is 0 Å². The molecule has 0 spiro atoms. The van der Waals surface area contributed by atoms with Crippen LogP contribution in [0, 0.1) is 0 Å². The number of hydrogen-bond donors (Lipinski definition) is 1. The van der Waals surface area contributed by atoms with Crippen molar-refractivity contribution >= 4 is 35.0 Å². The third-order valence-electron chi connectivity index (χ3n) is 4.02. The molecule has 0 aliphatic rings.